The highest BCUT2D eigenvalue weighted by atomic mass is 35.5. The molecule has 0 bridgehead atoms. The van der Waals surface area contributed by atoms with Crippen LogP contribution in [-0.4, -0.2) is 15.1 Å². The maximum atomic E-state index is 9.50. The Bertz CT molecular complexity index is 795. The van der Waals surface area contributed by atoms with Gasteiger partial charge in [-0.1, -0.05) is 28.8 Å². The first kappa shape index (κ1) is 12.9. The first-order valence-corrected chi connectivity index (χ1v) is 6.66. The van der Waals surface area contributed by atoms with Crippen molar-refractivity contribution in [1.82, 2.24) is 9.97 Å². The number of fused-ring (bicyclic) bond motifs is 1. The molecule has 0 aliphatic carbocycles. The molecule has 1 heterocycles. The van der Waals surface area contributed by atoms with Gasteiger partial charge in [-0.15, -0.1) is 0 Å². The van der Waals surface area contributed by atoms with Crippen molar-refractivity contribution in [1.29, 1.82) is 0 Å². The standard InChI is InChI=1S/C16H13ClN2O/c1-9-5-10(2)7-11(6-9)16-18-14-4-3-12(20)8-13(14)15(17)19-16/h3-8,20H,1-2H3. The summed E-state index contributed by atoms with van der Waals surface area (Å²) in [4.78, 5) is 8.86. The Balaban J connectivity index is 2.24. The maximum absolute atomic E-state index is 9.50. The van der Waals surface area contributed by atoms with Gasteiger partial charge in [0.15, 0.2) is 5.82 Å². The highest BCUT2D eigenvalue weighted by Gasteiger charge is 2.09. The number of benzene rings is 2. The van der Waals surface area contributed by atoms with Crippen molar-refractivity contribution in [2.24, 2.45) is 0 Å². The summed E-state index contributed by atoms with van der Waals surface area (Å²) < 4.78 is 0. The lowest BCUT2D eigenvalue weighted by atomic mass is 10.1. The van der Waals surface area contributed by atoms with Crippen LogP contribution in [0.5, 0.6) is 5.75 Å². The normalized spacial score (nSPS) is 10.9. The second-order valence-electron chi connectivity index (χ2n) is 4.92. The van der Waals surface area contributed by atoms with Crippen LogP contribution in [0.25, 0.3) is 22.3 Å². The minimum absolute atomic E-state index is 0.155. The molecule has 0 atom stereocenters. The van der Waals surface area contributed by atoms with Crippen LogP contribution in [0.1, 0.15) is 11.1 Å². The lowest BCUT2D eigenvalue weighted by Crippen LogP contribution is -1.93. The summed E-state index contributed by atoms with van der Waals surface area (Å²) >= 11 is 6.20. The van der Waals surface area contributed by atoms with E-state index in [4.69, 9.17) is 11.6 Å². The van der Waals surface area contributed by atoms with Gasteiger partial charge in [0.25, 0.3) is 0 Å². The Morgan fingerprint density at radius 1 is 0.950 bits per heavy atom. The van der Waals surface area contributed by atoms with Gasteiger partial charge < -0.3 is 5.11 Å². The zero-order chi connectivity index (χ0) is 14.3. The monoisotopic (exact) mass is 284 g/mol. The first-order chi connectivity index (χ1) is 9.52. The van der Waals surface area contributed by atoms with Gasteiger partial charge in [0, 0.05) is 10.9 Å². The summed E-state index contributed by atoms with van der Waals surface area (Å²) in [5, 5.41) is 10.5. The largest absolute Gasteiger partial charge is 0.508 e. The minimum atomic E-state index is 0.155. The molecule has 1 N–H and O–H groups in total. The predicted molar refractivity (Wildman–Crippen MR) is 81.1 cm³/mol. The van der Waals surface area contributed by atoms with Crippen molar-refractivity contribution < 1.29 is 5.11 Å². The molecule has 3 rings (SSSR count). The molecular weight excluding hydrogens is 272 g/mol. The summed E-state index contributed by atoms with van der Waals surface area (Å²) in [6.45, 7) is 4.08. The third-order valence-electron chi connectivity index (χ3n) is 3.11. The molecule has 3 nitrogen and oxygen atoms in total. The molecule has 1 aromatic heterocycles. The number of rotatable bonds is 1. The Morgan fingerprint density at radius 3 is 2.35 bits per heavy atom. The number of hydrogen-bond donors (Lipinski definition) is 1. The summed E-state index contributed by atoms with van der Waals surface area (Å²) in [6, 6.07) is 11.1. The second kappa shape index (κ2) is 4.76. The van der Waals surface area contributed by atoms with Crippen LogP contribution in [0, 0.1) is 13.8 Å². The molecule has 0 unspecified atom stereocenters. The molecule has 2 aromatic carbocycles. The highest BCUT2D eigenvalue weighted by molar-refractivity contribution is 6.34. The number of halogens is 1. The van der Waals surface area contributed by atoms with E-state index in [0.717, 1.165) is 22.2 Å². The third-order valence-corrected chi connectivity index (χ3v) is 3.40. The van der Waals surface area contributed by atoms with Crippen LogP contribution in [-0.2, 0) is 0 Å². The van der Waals surface area contributed by atoms with Crippen LogP contribution in [0.4, 0.5) is 0 Å². The van der Waals surface area contributed by atoms with Crippen molar-refractivity contribution >= 4 is 22.5 Å². The van der Waals surface area contributed by atoms with E-state index in [9.17, 15) is 5.11 Å². The SMILES string of the molecule is Cc1cc(C)cc(-c2nc(Cl)c3cc(O)ccc3n2)c1. The molecule has 0 saturated carbocycles. The van der Waals surface area contributed by atoms with Crippen LogP contribution >= 0.6 is 11.6 Å². The van der Waals surface area contributed by atoms with E-state index in [1.807, 2.05) is 26.0 Å². The van der Waals surface area contributed by atoms with Gasteiger partial charge in [-0.2, -0.15) is 0 Å². The van der Waals surface area contributed by atoms with Crippen LogP contribution in [0.15, 0.2) is 36.4 Å². The van der Waals surface area contributed by atoms with E-state index >= 15 is 0 Å². The van der Waals surface area contributed by atoms with Crippen LogP contribution in [0.3, 0.4) is 0 Å². The maximum Gasteiger partial charge on any atom is 0.161 e. The summed E-state index contributed by atoms with van der Waals surface area (Å²) in [5.41, 5.74) is 3.98. The molecule has 0 aliphatic rings. The smallest absolute Gasteiger partial charge is 0.161 e. The predicted octanol–water partition coefficient (Wildman–Crippen LogP) is 4.27. The molecule has 0 aliphatic heterocycles. The van der Waals surface area contributed by atoms with Gasteiger partial charge >= 0.3 is 0 Å². The van der Waals surface area contributed by atoms with E-state index in [1.54, 1.807) is 18.2 Å². The van der Waals surface area contributed by atoms with Gasteiger partial charge in [-0.05, 0) is 44.2 Å². The molecule has 0 fully saturated rings. The first-order valence-electron chi connectivity index (χ1n) is 6.28. The topological polar surface area (TPSA) is 46.0 Å². The van der Waals surface area contributed by atoms with Gasteiger partial charge in [-0.3, -0.25) is 0 Å². The Kier molecular flexibility index (Phi) is 3.07. The summed E-state index contributed by atoms with van der Waals surface area (Å²) in [6.07, 6.45) is 0. The van der Waals surface area contributed by atoms with Gasteiger partial charge in [-0.25, -0.2) is 9.97 Å². The van der Waals surface area contributed by atoms with Crippen molar-refractivity contribution in [2.45, 2.75) is 13.8 Å². The number of phenolic OH excluding ortho intramolecular Hbond substituents is 1. The molecule has 0 spiro atoms. The molecule has 0 amide bonds. The zero-order valence-corrected chi connectivity index (χ0v) is 11.9. The highest BCUT2D eigenvalue weighted by Crippen LogP contribution is 2.28. The summed E-state index contributed by atoms with van der Waals surface area (Å²) in [7, 11) is 0. The molecule has 0 saturated heterocycles. The lowest BCUT2D eigenvalue weighted by molar-refractivity contribution is 0.476. The minimum Gasteiger partial charge on any atom is -0.508 e. The fourth-order valence-electron chi connectivity index (χ4n) is 2.31. The van der Waals surface area contributed by atoms with Crippen molar-refractivity contribution in [3.05, 3.63) is 52.7 Å². The quantitative estimate of drug-likeness (QED) is 0.679. The average molecular weight is 285 g/mol. The molecule has 3 aromatic rings. The lowest BCUT2D eigenvalue weighted by Gasteiger charge is -2.07. The number of hydrogen-bond acceptors (Lipinski definition) is 3. The van der Waals surface area contributed by atoms with Crippen molar-refractivity contribution in [2.75, 3.05) is 0 Å². The number of aryl methyl sites for hydroxylation is 2. The number of aromatic hydroxyl groups is 1. The van der Waals surface area contributed by atoms with Gasteiger partial charge in [0.1, 0.15) is 10.9 Å². The van der Waals surface area contributed by atoms with Crippen molar-refractivity contribution in [3.63, 3.8) is 0 Å². The number of phenols is 1. The molecule has 20 heavy (non-hydrogen) atoms. The molecule has 100 valence electrons. The number of aromatic nitrogens is 2. The number of nitrogens with zero attached hydrogens (tertiary/aromatic N) is 2. The fourth-order valence-corrected chi connectivity index (χ4v) is 2.54. The zero-order valence-electron chi connectivity index (χ0n) is 11.2. The Hall–Kier alpha value is -2.13. The Labute approximate surface area is 121 Å². The second-order valence-corrected chi connectivity index (χ2v) is 5.27. The van der Waals surface area contributed by atoms with Crippen LogP contribution < -0.4 is 0 Å². The van der Waals surface area contributed by atoms with Crippen LogP contribution in [0.2, 0.25) is 5.15 Å². The third kappa shape index (κ3) is 2.32. The van der Waals surface area contributed by atoms with E-state index in [-0.39, 0.29) is 5.75 Å². The van der Waals surface area contributed by atoms with Gasteiger partial charge in [0.2, 0.25) is 0 Å². The van der Waals surface area contributed by atoms with Gasteiger partial charge in [0.05, 0.1) is 5.52 Å². The van der Waals surface area contributed by atoms with E-state index < -0.39 is 0 Å². The fraction of sp³-hybridized carbons (Fsp3) is 0.125. The van der Waals surface area contributed by atoms with E-state index in [1.165, 1.54) is 0 Å². The van der Waals surface area contributed by atoms with Crippen molar-refractivity contribution in [3.8, 4) is 17.1 Å². The molecule has 4 heteroatoms. The molecule has 0 radical (unpaired) electrons. The Morgan fingerprint density at radius 2 is 1.65 bits per heavy atom. The van der Waals surface area contributed by atoms with E-state index in [0.29, 0.717) is 16.4 Å². The molecular formula is C16H13ClN2O. The average Bonchev–Trinajstić information content (AvgIpc) is 2.38. The van der Waals surface area contributed by atoms with E-state index in [2.05, 4.69) is 16.0 Å². The summed E-state index contributed by atoms with van der Waals surface area (Å²) in [5.74, 6) is 0.752.